The van der Waals surface area contributed by atoms with E-state index in [1.165, 1.54) is 4.90 Å². The quantitative estimate of drug-likeness (QED) is 0.0791. The predicted octanol–water partition coefficient (Wildman–Crippen LogP) is -0.596. The summed E-state index contributed by atoms with van der Waals surface area (Å²) in [6, 6.07) is 1.04. The number of primary amides is 1. The summed E-state index contributed by atoms with van der Waals surface area (Å²) in [6.45, 7) is 7.63. The number of hydrogen-bond donors (Lipinski definition) is 8. The van der Waals surface area contributed by atoms with Crippen molar-refractivity contribution in [2.24, 2.45) is 23.3 Å². The molecule has 0 saturated carbocycles. The third-order valence-corrected chi connectivity index (χ3v) is 8.44. The van der Waals surface area contributed by atoms with Crippen LogP contribution in [0.3, 0.4) is 0 Å². The summed E-state index contributed by atoms with van der Waals surface area (Å²) < 4.78 is 0. The molecule has 0 spiro atoms. The van der Waals surface area contributed by atoms with E-state index in [1.807, 2.05) is 13.8 Å². The molecule has 5 unspecified atom stereocenters. The molecular weight excluding hydrogens is 678 g/mol. The van der Waals surface area contributed by atoms with Crippen LogP contribution in [-0.2, 0) is 44.8 Å². The van der Waals surface area contributed by atoms with Gasteiger partial charge in [-0.15, -0.1) is 0 Å². The molecule has 1 aliphatic heterocycles. The Kier molecular flexibility index (Phi) is 17.2. The van der Waals surface area contributed by atoms with Gasteiger partial charge in [-0.1, -0.05) is 58.0 Å². The van der Waals surface area contributed by atoms with E-state index in [2.05, 4.69) is 21.3 Å². The number of benzene rings is 1. The monoisotopic (exact) mass is 731 g/mol. The second kappa shape index (κ2) is 20.7. The minimum atomic E-state index is -1.68. The van der Waals surface area contributed by atoms with Gasteiger partial charge in [-0.2, -0.15) is 0 Å². The van der Waals surface area contributed by atoms with E-state index in [-0.39, 0.29) is 30.6 Å². The molecule has 1 saturated heterocycles. The van der Waals surface area contributed by atoms with Crippen molar-refractivity contribution < 1.29 is 48.6 Å². The molecule has 288 valence electrons. The van der Waals surface area contributed by atoms with Gasteiger partial charge in [0.25, 0.3) is 0 Å². The van der Waals surface area contributed by atoms with Gasteiger partial charge in [-0.3, -0.25) is 33.6 Å². The number of carbonyl (C=O) groups is 8. The van der Waals surface area contributed by atoms with E-state index >= 15 is 0 Å². The van der Waals surface area contributed by atoms with Crippen molar-refractivity contribution >= 4 is 47.4 Å². The molecule has 1 aromatic carbocycles. The number of rotatable bonds is 21. The van der Waals surface area contributed by atoms with Crippen molar-refractivity contribution in [2.75, 3.05) is 6.54 Å². The summed E-state index contributed by atoms with van der Waals surface area (Å²) in [4.78, 5) is 104. The lowest BCUT2D eigenvalue weighted by molar-refractivity contribution is -0.143. The number of carboxylic acid groups (broad SMARTS) is 2. The SMILES string of the molecule is CC(C)CC(N)C(=O)N1CCC[C@H]1C(=O)NC(Cc1ccccc1)C(=O)NC(CC(N)=O)C(=O)NC(CCC(=O)O)C(=O)NC(CC(C)C)C(=O)O. The molecule has 1 fully saturated rings. The summed E-state index contributed by atoms with van der Waals surface area (Å²) >= 11 is 0. The fourth-order valence-electron chi connectivity index (χ4n) is 5.91. The van der Waals surface area contributed by atoms with E-state index in [1.54, 1.807) is 44.2 Å². The Hall–Kier alpha value is -5.06. The van der Waals surface area contributed by atoms with Gasteiger partial charge in [-0.05, 0) is 49.5 Å². The van der Waals surface area contributed by atoms with Gasteiger partial charge in [0.15, 0.2) is 0 Å². The molecule has 6 amide bonds. The Morgan fingerprint density at radius 3 is 1.90 bits per heavy atom. The Labute approximate surface area is 303 Å². The average Bonchev–Trinajstić information content (AvgIpc) is 3.55. The minimum Gasteiger partial charge on any atom is -0.481 e. The van der Waals surface area contributed by atoms with Crippen LogP contribution >= 0.6 is 0 Å². The largest absolute Gasteiger partial charge is 0.481 e. The van der Waals surface area contributed by atoms with E-state index in [9.17, 15) is 48.6 Å². The molecule has 1 aliphatic rings. The molecule has 0 aromatic heterocycles. The second-order valence-corrected chi connectivity index (χ2v) is 13.9. The average molecular weight is 732 g/mol. The van der Waals surface area contributed by atoms with Gasteiger partial charge >= 0.3 is 11.9 Å². The molecule has 1 heterocycles. The predicted molar refractivity (Wildman–Crippen MR) is 188 cm³/mol. The van der Waals surface area contributed by atoms with E-state index in [0.717, 1.165) is 0 Å². The zero-order valence-corrected chi connectivity index (χ0v) is 30.1. The first-order chi connectivity index (χ1) is 24.4. The van der Waals surface area contributed by atoms with Gasteiger partial charge in [0.05, 0.1) is 12.5 Å². The van der Waals surface area contributed by atoms with Crippen molar-refractivity contribution in [2.45, 2.75) is 115 Å². The van der Waals surface area contributed by atoms with Gasteiger partial charge in [0.2, 0.25) is 35.4 Å². The molecule has 17 heteroatoms. The number of nitrogens with one attached hydrogen (secondary N) is 4. The lowest BCUT2D eigenvalue weighted by Gasteiger charge is -2.29. The lowest BCUT2D eigenvalue weighted by atomic mass is 10.0. The Morgan fingerprint density at radius 1 is 0.788 bits per heavy atom. The van der Waals surface area contributed by atoms with Crippen LogP contribution in [0.25, 0.3) is 0 Å². The number of nitrogens with two attached hydrogens (primary N) is 2. The molecule has 6 atom stereocenters. The van der Waals surface area contributed by atoms with Crippen molar-refractivity contribution in [1.29, 1.82) is 0 Å². The summed E-state index contributed by atoms with van der Waals surface area (Å²) in [6.07, 6.45) is -0.471. The zero-order chi connectivity index (χ0) is 39.1. The minimum absolute atomic E-state index is 0.0487. The number of nitrogens with zero attached hydrogens (tertiary/aromatic N) is 1. The summed E-state index contributed by atoms with van der Waals surface area (Å²) in [5.74, 6) is -7.57. The normalized spacial score (nSPS) is 17.0. The summed E-state index contributed by atoms with van der Waals surface area (Å²) in [5, 5.41) is 28.6. The Bertz CT molecular complexity index is 1440. The molecule has 0 radical (unpaired) electrons. The first-order valence-electron chi connectivity index (χ1n) is 17.4. The maximum Gasteiger partial charge on any atom is 0.326 e. The first-order valence-corrected chi connectivity index (χ1v) is 17.4. The van der Waals surface area contributed by atoms with Crippen LogP contribution in [0.2, 0.25) is 0 Å². The number of carboxylic acids is 2. The van der Waals surface area contributed by atoms with Crippen LogP contribution in [0.5, 0.6) is 0 Å². The fraction of sp³-hybridized carbons (Fsp3) is 0.600. The maximum atomic E-state index is 13.8. The maximum absolute atomic E-state index is 13.8. The highest BCUT2D eigenvalue weighted by Crippen LogP contribution is 2.20. The van der Waals surface area contributed by atoms with Crippen molar-refractivity contribution in [1.82, 2.24) is 26.2 Å². The van der Waals surface area contributed by atoms with Crippen LogP contribution in [0, 0.1) is 11.8 Å². The fourth-order valence-corrected chi connectivity index (χ4v) is 5.91. The smallest absolute Gasteiger partial charge is 0.326 e. The van der Waals surface area contributed by atoms with Crippen molar-refractivity contribution in [3.05, 3.63) is 35.9 Å². The van der Waals surface area contributed by atoms with E-state index < -0.39 is 97.0 Å². The number of aliphatic carboxylic acids is 2. The molecule has 0 bridgehead atoms. The third-order valence-electron chi connectivity index (χ3n) is 8.44. The van der Waals surface area contributed by atoms with Gasteiger partial charge in [0.1, 0.15) is 30.2 Å². The summed E-state index contributed by atoms with van der Waals surface area (Å²) in [5.41, 5.74) is 12.2. The topological polar surface area (TPSA) is 280 Å². The van der Waals surface area contributed by atoms with Crippen molar-refractivity contribution in [3.8, 4) is 0 Å². The highest BCUT2D eigenvalue weighted by Gasteiger charge is 2.38. The Morgan fingerprint density at radius 2 is 1.35 bits per heavy atom. The number of carbonyl (C=O) groups excluding carboxylic acids is 6. The lowest BCUT2D eigenvalue weighted by Crippen LogP contribution is -2.60. The van der Waals surface area contributed by atoms with Crippen LogP contribution in [0.15, 0.2) is 30.3 Å². The highest BCUT2D eigenvalue weighted by molar-refractivity contribution is 5.98. The summed E-state index contributed by atoms with van der Waals surface area (Å²) in [7, 11) is 0. The van der Waals surface area contributed by atoms with Gasteiger partial charge in [0, 0.05) is 19.4 Å². The number of hydrogen-bond acceptors (Lipinski definition) is 9. The zero-order valence-electron chi connectivity index (χ0n) is 30.1. The van der Waals surface area contributed by atoms with E-state index in [4.69, 9.17) is 11.5 Å². The highest BCUT2D eigenvalue weighted by atomic mass is 16.4. The number of likely N-dealkylation sites (tertiary alicyclic amines) is 1. The molecule has 1 aromatic rings. The molecular formula is C35H53N7O10. The number of amides is 6. The van der Waals surface area contributed by atoms with E-state index in [0.29, 0.717) is 31.4 Å². The molecule has 10 N–H and O–H groups in total. The molecule has 2 rings (SSSR count). The Balaban J connectivity index is 2.33. The third kappa shape index (κ3) is 14.3. The molecule has 17 nitrogen and oxygen atoms in total. The van der Waals surface area contributed by atoms with Crippen LogP contribution in [0.1, 0.15) is 78.2 Å². The van der Waals surface area contributed by atoms with Crippen molar-refractivity contribution in [3.63, 3.8) is 0 Å². The molecule has 0 aliphatic carbocycles. The van der Waals surface area contributed by atoms with Crippen LogP contribution in [-0.4, -0.2) is 105 Å². The van der Waals surface area contributed by atoms with Gasteiger partial charge in [-0.25, -0.2) is 4.79 Å². The van der Waals surface area contributed by atoms with Crippen LogP contribution < -0.4 is 32.7 Å². The van der Waals surface area contributed by atoms with Crippen LogP contribution in [0.4, 0.5) is 0 Å². The molecule has 52 heavy (non-hydrogen) atoms. The standard InChI is InChI=1S/C35H53N7O10/c1-19(2)15-22(36)34(50)42-14-8-11-27(42)33(49)40-24(17-21-9-6-5-7-10-21)31(47)39-25(18-28(37)43)32(48)38-23(12-13-29(44)45)30(46)41-26(35(51)52)16-20(3)4/h5-7,9-10,19-20,22-27H,8,11-18,36H2,1-4H3,(H2,37,43)(H,38,48)(H,39,47)(H,40,49)(H,41,46)(H,44,45)(H,51,52)/t22?,23?,24?,25?,26?,27-/m0/s1. The first kappa shape index (κ1) is 43.1. The second-order valence-electron chi connectivity index (χ2n) is 13.9. The van der Waals surface area contributed by atoms with Gasteiger partial charge < -0.3 is 47.8 Å².